The first kappa shape index (κ1) is 9.64. The van der Waals surface area contributed by atoms with Crippen LogP contribution in [0.4, 0.5) is 0 Å². The van der Waals surface area contributed by atoms with Crippen molar-refractivity contribution < 1.29 is 4.79 Å². The fourth-order valence-corrected chi connectivity index (χ4v) is 2.52. The molecule has 3 aliphatic rings. The Balaban J connectivity index is 1.60. The Labute approximate surface area is 91.2 Å². The Morgan fingerprint density at radius 3 is 2.87 bits per heavy atom. The van der Waals surface area contributed by atoms with Gasteiger partial charge < -0.3 is 10.2 Å². The molecule has 1 N–H and O–H groups in total. The summed E-state index contributed by atoms with van der Waals surface area (Å²) in [6.07, 6.45) is 7.03. The number of carbonyl (C=O) groups is 1. The number of amides is 1. The number of nitrogens with zero attached hydrogens (tertiary/aromatic N) is 1. The molecule has 0 radical (unpaired) electrons. The van der Waals surface area contributed by atoms with Crippen molar-refractivity contribution in [3.05, 3.63) is 0 Å². The summed E-state index contributed by atoms with van der Waals surface area (Å²) in [6, 6.07) is 0. The van der Waals surface area contributed by atoms with E-state index in [1.807, 2.05) is 0 Å². The minimum Gasteiger partial charge on any atom is -0.341 e. The highest BCUT2D eigenvalue weighted by molar-refractivity contribution is 5.77. The molecule has 0 atom stereocenters. The van der Waals surface area contributed by atoms with Gasteiger partial charge in [-0.3, -0.25) is 4.79 Å². The lowest BCUT2D eigenvalue weighted by Gasteiger charge is -2.24. The van der Waals surface area contributed by atoms with Gasteiger partial charge in [0.05, 0.1) is 0 Å². The average molecular weight is 208 g/mol. The van der Waals surface area contributed by atoms with E-state index in [1.165, 1.54) is 25.7 Å². The first-order chi connectivity index (χ1) is 7.27. The third kappa shape index (κ3) is 2.17. The van der Waals surface area contributed by atoms with E-state index in [1.54, 1.807) is 0 Å². The van der Waals surface area contributed by atoms with Crippen LogP contribution >= 0.6 is 0 Å². The molecule has 1 heterocycles. The van der Waals surface area contributed by atoms with Crippen molar-refractivity contribution in [1.29, 1.82) is 0 Å². The highest BCUT2D eigenvalue weighted by Gasteiger charge is 2.45. The fourth-order valence-electron chi connectivity index (χ4n) is 2.52. The molecule has 2 saturated carbocycles. The van der Waals surface area contributed by atoms with E-state index in [4.69, 9.17) is 0 Å². The Kier molecular flexibility index (Phi) is 2.23. The molecule has 0 aromatic rings. The fraction of sp³-hybridized carbons (Fsp3) is 0.917. The smallest absolute Gasteiger partial charge is 0.222 e. The minimum absolute atomic E-state index is 0.329. The molecule has 0 aromatic heterocycles. The predicted molar refractivity (Wildman–Crippen MR) is 58.5 cm³/mol. The quantitative estimate of drug-likeness (QED) is 0.738. The van der Waals surface area contributed by atoms with Crippen molar-refractivity contribution in [3.63, 3.8) is 0 Å². The molecule has 1 aliphatic heterocycles. The van der Waals surface area contributed by atoms with Gasteiger partial charge in [-0.2, -0.15) is 0 Å². The zero-order valence-electron chi connectivity index (χ0n) is 9.30. The first-order valence-electron chi connectivity index (χ1n) is 6.30. The largest absolute Gasteiger partial charge is 0.341 e. The zero-order chi connectivity index (χ0) is 10.3. The van der Waals surface area contributed by atoms with Gasteiger partial charge >= 0.3 is 0 Å². The lowest BCUT2D eigenvalue weighted by molar-refractivity contribution is -0.131. The number of carbonyl (C=O) groups excluding carboxylic acids is 1. The van der Waals surface area contributed by atoms with Gasteiger partial charge in [-0.1, -0.05) is 0 Å². The van der Waals surface area contributed by atoms with E-state index in [0.29, 0.717) is 11.4 Å². The van der Waals surface area contributed by atoms with Crippen LogP contribution in [0.3, 0.4) is 0 Å². The van der Waals surface area contributed by atoms with Crippen LogP contribution in [0.25, 0.3) is 0 Å². The lowest BCUT2D eigenvalue weighted by atomic mass is 10.2. The van der Waals surface area contributed by atoms with Gasteiger partial charge in [0.1, 0.15) is 0 Å². The highest BCUT2D eigenvalue weighted by Crippen LogP contribution is 2.38. The average Bonchev–Trinajstić information content (AvgIpc) is 3.08. The Bertz CT molecular complexity index is 269. The van der Waals surface area contributed by atoms with Crippen LogP contribution in [0.15, 0.2) is 0 Å². The van der Waals surface area contributed by atoms with Gasteiger partial charge in [-0.05, 0) is 44.6 Å². The van der Waals surface area contributed by atoms with Crippen LogP contribution in [0, 0.1) is 5.92 Å². The molecule has 0 bridgehead atoms. The van der Waals surface area contributed by atoms with Crippen LogP contribution in [-0.2, 0) is 4.79 Å². The number of nitrogens with one attached hydrogen (secondary N) is 1. The van der Waals surface area contributed by atoms with E-state index in [-0.39, 0.29) is 0 Å². The normalized spacial score (nSPS) is 28.9. The summed E-state index contributed by atoms with van der Waals surface area (Å²) in [5.41, 5.74) is 0.329. The molecule has 1 spiro atoms. The maximum atomic E-state index is 12.0. The molecule has 1 amide bonds. The Morgan fingerprint density at radius 1 is 1.40 bits per heavy atom. The van der Waals surface area contributed by atoms with Crippen molar-refractivity contribution in [1.82, 2.24) is 10.2 Å². The van der Waals surface area contributed by atoms with Gasteiger partial charge in [0.25, 0.3) is 0 Å². The van der Waals surface area contributed by atoms with Gasteiger partial charge in [0.2, 0.25) is 5.91 Å². The van der Waals surface area contributed by atoms with Crippen molar-refractivity contribution >= 4 is 5.91 Å². The summed E-state index contributed by atoms with van der Waals surface area (Å²) in [6.45, 7) is 3.03. The predicted octanol–water partition coefficient (Wildman–Crippen LogP) is 1.14. The second-order valence-electron chi connectivity index (χ2n) is 5.52. The molecule has 0 unspecified atom stereocenters. The van der Waals surface area contributed by atoms with Gasteiger partial charge in [-0.15, -0.1) is 0 Å². The molecule has 3 nitrogen and oxygen atoms in total. The molecule has 84 valence electrons. The molecule has 1 saturated heterocycles. The van der Waals surface area contributed by atoms with Crippen molar-refractivity contribution in [3.8, 4) is 0 Å². The lowest BCUT2D eigenvalue weighted by Crippen LogP contribution is -2.42. The molecule has 3 heteroatoms. The van der Waals surface area contributed by atoms with Gasteiger partial charge in [0.15, 0.2) is 0 Å². The van der Waals surface area contributed by atoms with Crippen molar-refractivity contribution in [2.75, 3.05) is 19.6 Å². The molecular formula is C12H20N2O. The summed E-state index contributed by atoms with van der Waals surface area (Å²) in [4.78, 5) is 14.1. The SMILES string of the molecule is O=C(CC1CC1)N1CCCNC2(CC2)C1. The molecule has 3 rings (SSSR count). The maximum Gasteiger partial charge on any atom is 0.222 e. The molecule has 15 heavy (non-hydrogen) atoms. The minimum atomic E-state index is 0.329. The molecule has 3 fully saturated rings. The topological polar surface area (TPSA) is 32.3 Å². The van der Waals surface area contributed by atoms with E-state index < -0.39 is 0 Å². The van der Waals surface area contributed by atoms with Crippen LogP contribution in [0.1, 0.15) is 38.5 Å². The Hall–Kier alpha value is -0.570. The van der Waals surface area contributed by atoms with Crippen LogP contribution in [-0.4, -0.2) is 36.0 Å². The zero-order valence-corrected chi connectivity index (χ0v) is 9.30. The third-order valence-electron chi connectivity index (χ3n) is 3.96. The van der Waals surface area contributed by atoms with Gasteiger partial charge in [0, 0.05) is 25.0 Å². The van der Waals surface area contributed by atoms with Crippen molar-refractivity contribution in [2.24, 2.45) is 5.92 Å². The van der Waals surface area contributed by atoms with Crippen LogP contribution in [0.5, 0.6) is 0 Å². The molecular weight excluding hydrogens is 188 g/mol. The van der Waals surface area contributed by atoms with Crippen LogP contribution in [0.2, 0.25) is 0 Å². The number of rotatable bonds is 2. The van der Waals surface area contributed by atoms with E-state index in [0.717, 1.165) is 38.4 Å². The standard InChI is InChI=1S/C12H20N2O/c15-11(8-10-2-3-10)14-7-1-6-13-12(9-14)4-5-12/h10,13H,1-9H2. The summed E-state index contributed by atoms with van der Waals surface area (Å²) >= 11 is 0. The van der Waals surface area contributed by atoms with E-state index in [2.05, 4.69) is 10.2 Å². The second-order valence-corrected chi connectivity index (χ2v) is 5.52. The van der Waals surface area contributed by atoms with E-state index >= 15 is 0 Å². The third-order valence-corrected chi connectivity index (χ3v) is 3.96. The van der Waals surface area contributed by atoms with Crippen molar-refractivity contribution in [2.45, 2.75) is 44.1 Å². The monoisotopic (exact) mass is 208 g/mol. The molecule has 2 aliphatic carbocycles. The summed E-state index contributed by atoms with van der Waals surface area (Å²) in [5, 5.41) is 3.59. The second kappa shape index (κ2) is 3.48. The Morgan fingerprint density at radius 2 is 2.20 bits per heavy atom. The summed E-state index contributed by atoms with van der Waals surface area (Å²) < 4.78 is 0. The summed E-state index contributed by atoms with van der Waals surface area (Å²) in [7, 11) is 0. The number of hydrogen-bond acceptors (Lipinski definition) is 2. The van der Waals surface area contributed by atoms with Gasteiger partial charge in [-0.25, -0.2) is 0 Å². The maximum absolute atomic E-state index is 12.0. The summed E-state index contributed by atoms with van der Waals surface area (Å²) in [5.74, 6) is 1.14. The number of hydrogen-bond donors (Lipinski definition) is 1. The molecule has 0 aromatic carbocycles. The van der Waals surface area contributed by atoms with Crippen LogP contribution < -0.4 is 5.32 Å². The van der Waals surface area contributed by atoms with E-state index in [9.17, 15) is 4.79 Å². The first-order valence-corrected chi connectivity index (χ1v) is 6.30. The highest BCUT2D eigenvalue weighted by atomic mass is 16.2.